The van der Waals surface area contributed by atoms with E-state index in [0.717, 1.165) is 38.1 Å². The maximum absolute atomic E-state index is 13.7. The van der Waals surface area contributed by atoms with Gasteiger partial charge in [-0.25, -0.2) is 18.7 Å². The second-order valence-electron chi connectivity index (χ2n) is 5.70. The highest BCUT2D eigenvalue weighted by atomic mass is 19.1. The summed E-state index contributed by atoms with van der Waals surface area (Å²) in [4.78, 5) is 23.0. The topological polar surface area (TPSA) is 58.1 Å². The van der Waals surface area contributed by atoms with Gasteiger partial charge in [0, 0.05) is 19.2 Å². The number of amides is 1. The molecule has 0 saturated heterocycles. The van der Waals surface area contributed by atoms with Crippen LogP contribution in [0.3, 0.4) is 0 Å². The predicted octanol–water partition coefficient (Wildman–Crippen LogP) is 3.94. The maximum Gasteiger partial charge on any atom is 0.274 e. The van der Waals surface area contributed by atoms with Crippen molar-refractivity contribution < 1.29 is 13.6 Å². The van der Waals surface area contributed by atoms with Gasteiger partial charge in [0.2, 0.25) is 0 Å². The van der Waals surface area contributed by atoms with Crippen molar-refractivity contribution in [2.45, 2.75) is 33.6 Å². The normalized spacial score (nSPS) is 10.6. The van der Waals surface area contributed by atoms with Gasteiger partial charge in [-0.2, -0.15) is 0 Å². The van der Waals surface area contributed by atoms with Crippen LogP contribution >= 0.6 is 0 Å². The first-order chi connectivity index (χ1) is 12.0. The number of carbonyl (C=O) groups excluding carboxylic acids is 1. The monoisotopic (exact) mass is 348 g/mol. The summed E-state index contributed by atoms with van der Waals surface area (Å²) in [6.45, 7) is 7.40. The first-order valence-electron chi connectivity index (χ1n) is 8.32. The number of para-hydroxylation sites is 1. The van der Waals surface area contributed by atoms with Crippen LogP contribution in [0.15, 0.2) is 24.3 Å². The molecule has 5 nitrogen and oxygen atoms in total. The Balaban J connectivity index is 2.31. The van der Waals surface area contributed by atoms with Crippen LogP contribution in [0.1, 0.15) is 43.0 Å². The summed E-state index contributed by atoms with van der Waals surface area (Å²) in [5, 5.41) is 2.25. The van der Waals surface area contributed by atoms with Crippen LogP contribution in [-0.2, 0) is 0 Å². The molecule has 134 valence electrons. The van der Waals surface area contributed by atoms with Gasteiger partial charge in [0.1, 0.15) is 34.7 Å². The number of aryl methyl sites for hydroxylation is 1. The maximum atomic E-state index is 13.7. The van der Waals surface area contributed by atoms with E-state index in [1.807, 2.05) is 0 Å². The van der Waals surface area contributed by atoms with Crippen molar-refractivity contribution in [2.75, 3.05) is 23.3 Å². The van der Waals surface area contributed by atoms with Crippen molar-refractivity contribution in [3.63, 3.8) is 0 Å². The SMILES string of the molecule is CCCN(CCC)c1cc(C(=O)Nc2c(F)cccc2F)nc(C)n1. The minimum absolute atomic E-state index is 0.0716. The summed E-state index contributed by atoms with van der Waals surface area (Å²) in [6.07, 6.45) is 1.87. The Hall–Kier alpha value is -2.57. The fourth-order valence-electron chi connectivity index (χ4n) is 2.51. The average Bonchev–Trinajstić information content (AvgIpc) is 2.57. The number of hydrogen-bond donors (Lipinski definition) is 1. The van der Waals surface area contributed by atoms with E-state index in [0.29, 0.717) is 11.6 Å². The number of nitrogens with zero attached hydrogens (tertiary/aromatic N) is 3. The second kappa shape index (κ2) is 8.50. The van der Waals surface area contributed by atoms with Gasteiger partial charge in [-0.15, -0.1) is 0 Å². The minimum Gasteiger partial charge on any atom is -0.357 e. The smallest absolute Gasteiger partial charge is 0.274 e. The molecule has 0 aliphatic carbocycles. The van der Waals surface area contributed by atoms with Crippen molar-refractivity contribution in [1.82, 2.24) is 9.97 Å². The van der Waals surface area contributed by atoms with Crippen LogP contribution in [0.2, 0.25) is 0 Å². The van der Waals surface area contributed by atoms with Crippen LogP contribution < -0.4 is 10.2 Å². The summed E-state index contributed by atoms with van der Waals surface area (Å²) in [7, 11) is 0. The number of rotatable bonds is 7. The zero-order valence-electron chi connectivity index (χ0n) is 14.6. The summed E-state index contributed by atoms with van der Waals surface area (Å²) in [6, 6.07) is 4.95. The fourth-order valence-corrected chi connectivity index (χ4v) is 2.51. The van der Waals surface area contributed by atoms with Crippen LogP contribution in [0.4, 0.5) is 20.3 Å². The van der Waals surface area contributed by atoms with E-state index in [2.05, 4.69) is 34.0 Å². The molecule has 0 unspecified atom stereocenters. The van der Waals surface area contributed by atoms with E-state index in [1.165, 1.54) is 6.07 Å². The minimum atomic E-state index is -0.835. The molecule has 0 aliphatic rings. The molecule has 0 atom stereocenters. The largest absolute Gasteiger partial charge is 0.357 e. The Morgan fingerprint density at radius 1 is 1.12 bits per heavy atom. The van der Waals surface area contributed by atoms with Gasteiger partial charge >= 0.3 is 0 Å². The molecule has 2 rings (SSSR count). The zero-order valence-corrected chi connectivity index (χ0v) is 14.6. The lowest BCUT2D eigenvalue weighted by Gasteiger charge is -2.23. The van der Waals surface area contributed by atoms with Crippen LogP contribution in [0.25, 0.3) is 0 Å². The molecular formula is C18H22F2N4O. The Morgan fingerprint density at radius 3 is 2.28 bits per heavy atom. The number of hydrogen-bond acceptors (Lipinski definition) is 4. The van der Waals surface area contributed by atoms with Crippen molar-refractivity contribution in [3.8, 4) is 0 Å². The number of carbonyl (C=O) groups is 1. The van der Waals surface area contributed by atoms with E-state index in [9.17, 15) is 13.6 Å². The molecule has 1 N–H and O–H groups in total. The van der Waals surface area contributed by atoms with Crippen LogP contribution in [-0.4, -0.2) is 29.0 Å². The van der Waals surface area contributed by atoms with E-state index in [4.69, 9.17) is 0 Å². The molecule has 1 amide bonds. The third kappa shape index (κ3) is 4.71. The molecule has 1 aromatic heterocycles. The van der Waals surface area contributed by atoms with Crippen molar-refractivity contribution in [2.24, 2.45) is 0 Å². The summed E-state index contributed by atoms with van der Waals surface area (Å²) >= 11 is 0. The fraction of sp³-hybridized carbons (Fsp3) is 0.389. The van der Waals surface area contributed by atoms with Gasteiger partial charge in [-0.3, -0.25) is 4.79 Å². The standard InChI is InChI=1S/C18H22F2N4O/c1-4-9-24(10-5-2)16-11-15(21-12(3)22-16)18(25)23-17-13(19)7-6-8-14(17)20/h6-8,11H,4-5,9-10H2,1-3H3,(H,23,25). The Bertz CT molecular complexity index is 726. The molecular weight excluding hydrogens is 326 g/mol. The first-order valence-corrected chi connectivity index (χ1v) is 8.32. The summed E-state index contributed by atoms with van der Waals surface area (Å²) < 4.78 is 27.4. The molecule has 0 bridgehead atoms. The van der Waals surface area contributed by atoms with Crippen LogP contribution in [0, 0.1) is 18.6 Å². The number of aromatic nitrogens is 2. The van der Waals surface area contributed by atoms with Crippen molar-refractivity contribution in [3.05, 3.63) is 47.4 Å². The Kier molecular flexibility index (Phi) is 6.38. The number of benzene rings is 1. The zero-order chi connectivity index (χ0) is 18.4. The highest BCUT2D eigenvalue weighted by Gasteiger charge is 2.17. The molecule has 1 aromatic carbocycles. The number of nitrogens with one attached hydrogen (secondary N) is 1. The highest BCUT2D eigenvalue weighted by molar-refractivity contribution is 6.03. The molecule has 0 saturated carbocycles. The molecule has 2 aromatic rings. The molecule has 0 radical (unpaired) electrons. The number of anilines is 2. The van der Waals surface area contributed by atoms with Crippen molar-refractivity contribution in [1.29, 1.82) is 0 Å². The van der Waals surface area contributed by atoms with E-state index < -0.39 is 23.2 Å². The molecule has 0 fully saturated rings. The lowest BCUT2D eigenvalue weighted by atomic mass is 10.2. The summed E-state index contributed by atoms with van der Waals surface area (Å²) in [5.74, 6) is -1.29. The van der Waals surface area contributed by atoms with Gasteiger partial charge < -0.3 is 10.2 Å². The third-order valence-corrected chi connectivity index (χ3v) is 3.57. The molecule has 0 aliphatic heterocycles. The third-order valence-electron chi connectivity index (χ3n) is 3.57. The molecule has 7 heteroatoms. The molecule has 25 heavy (non-hydrogen) atoms. The van der Waals surface area contributed by atoms with E-state index in [1.54, 1.807) is 13.0 Å². The average molecular weight is 348 g/mol. The quantitative estimate of drug-likeness (QED) is 0.823. The molecule has 0 spiro atoms. The van der Waals surface area contributed by atoms with Gasteiger partial charge in [-0.05, 0) is 31.9 Å². The lowest BCUT2D eigenvalue weighted by Crippen LogP contribution is -2.27. The van der Waals surface area contributed by atoms with E-state index >= 15 is 0 Å². The van der Waals surface area contributed by atoms with Crippen molar-refractivity contribution >= 4 is 17.4 Å². The molecule has 1 heterocycles. The van der Waals surface area contributed by atoms with Crippen LogP contribution in [0.5, 0.6) is 0 Å². The number of halogens is 2. The van der Waals surface area contributed by atoms with Gasteiger partial charge in [-0.1, -0.05) is 19.9 Å². The van der Waals surface area contributed by atoms with Gasteiger partial charge in [0.15, 0.2) is 0 Å². The lowest BCUT2D eigenvalue weighted by molar-refractivity contribution is 0.102. The van der Waals surface area contributed by atoms with Gasteiger partial charge in [0.25, 0.3) is 5.91 Å². The predicted molar refractivity (Wildman–Crippen MR) is 93.9 cm³/mol. The summed E-state index contributed by atoms with van der Waals surface area (Å²) in [5.41, 5.74) is -0.411. The Labute approximate surface area is 146 Å². The first kappa shape index (κ1) is 18.8. The van der Waals surface area contributed by atoms with Gasteiger partial charge in [0.05, 0.1) is 0 Å². The second-order valence-corrected chi connectivity index (χ2v) is 5.70. The highest BCUT2D eigenvalue weighted by Crippen LogP contribution is 2.20. The van der Waals surface area contributed by atoms with E-state index in [-0.39, 0.29) is 5.69 Å². The Morgan fingerprint density at radius 2 is 1.72 bits per heavy atom.